The number of pyridine rings is 1. The minimum Gasteiger partial charge on any atom is -0.507 e. The lowest BCUT2D eigenvalue weighted by Crippen LogP contribution is -2.18. The number of rotatable bonds is 2. The van der Waals surface area contributed by atoms with Crippen LogP contribution in [-0.2, 0) is 0 Å². The van der Waals surface area contributed by atoms with Crippen LogP contribution >= 0.6 is 0 Å². The van der Waals surface area contributed by atoms with Gasteiger partial charge in [-0.15, -0.1) is 0 Å². The van der Waals surface area contributed by atoms with Gasteiger partial charge < -0.3 is 14.7 Å². The number of aromatic nitrogens is 4. The van der Waals surface area contributed by atoms with E-state index in [0.29, 0.717) is 0 Å². The summed E-state index contributed by atoms with van der Waals surface area (Å²) in [6.45, 7) is 0. The van der Waals surface area contributed by atoms with Crippen LogP contribution in [0.2, 0.25) is 0 Å². The number of aromatic hydroxyl groups is 1. The van der Waals surface area contributed by atoms with Gasteiger partial charge >= 0.3 is 0 Å². The van der Waals surface area contributed by atoms with Crippen LogP contribution in [0.15, 0.2) is 42.7 Å². The molecule has 0 unspecified atom stereocenters. The molecule has 6 heteroatoms. The van der Waals surface area contributed by atoms with Gasteiger partial charge in [0.2, 0.25) is 0 Å². The highest BCUT2D eigenvalue weighted by Crippen LogP contribution is 2.40. The van der Waals surface area contributed by atoms with Crippen molar-refractivity contribution in [3.8, 4) is 23.2 Å². The first-order valence-corrected chi connectivity index (χ1v) is 9.28. The monoisotopic (exact) mass is 357 g/mol. The van der Waals surface area contributed by atoms with E-state index in [4.69, 9.17) is 4.98 Å². The van der Waals surface area contributed by atoms with Crippen molar-refractivity contribution in [2.24, 2.45) is 5.92 Å². The molecule has 0 atom stereocenters. The summed E-state index contributed by atoms with van der Waals surface area (Å²) >= 11 is 0. The quantitative estimate of drug-likeness (QED) is 0.551. The SMILES string of the molecule is N#CC1CCC(n2c(-c3ccccc3O)nc3cnc4[nH]ccc4c32)CC1. The van der Waals surface area contributed by atoms with Crippen LogP contribution in [0.1, 0.15) is 31.7 Å². The Balaban J connectivity index is 1.77. The molecule has 0 amide bonds. The van der Waals surface area contributed by atoms with Crippen molar-refractivity contribution >= 4 is 22.1 Å². The number of imidazole rings is 1. The van der Waals surface area contributed by atoms with Crippen LogP contribution in [0.3, 0.4) is 0 Å². The standard InChI is InChI=1S/C21H19N5O/c22-11-13-5-7-14(8-6-13)26-19-16-9-10-23-20(16)24-12-17(19)25-21(26)15-3-1-2-4-18(15)27/h1-4,9-10,12-14,27H,5-8H2,(H,23,24). The molecule has 1 saturated carbocycles. The lowest BCUT2D eigenvalue weighted by Gasteiger charge is -2.28. The minimum atomic E-state index is 0.138. The van der Waals surface area contributed by atoms with Gasteiger partial charge in [-0.2, -0.15) is 5.26 Å². The Kier molecular flexibility index (Phi) is 3.61. The predicted octanol–water partition coefficient (Wildman–Crippen LogP) is 4.54. The maximum atomic E-state index is 10.4. The molecule has 134 valence electrons. The molecule has 3 heterocycles. The van der Waals surface area contributed by atoms with Crippen LogP contribution in [0.4, 0.5) is 0 Å². The fraction of sp³-hybridized carbons (Fsp3) is 0.286. The third-order valence-corrected chi connectivity index (χ3v) is 5.62. The van der Waals surface area contributed by atoms with Crippen LogP contribution in [0.5, 0.6) is 5.75 Å². The third kappa shape index (κ3) is 2.47. The number of hydrogen-bond donors (Lipinski definition) is 2. The molecule has 3 aromatic heterocycles. The molecule has 27 heavy (non-hydrogen) atoms. The molecule has 0 radical (unpaired) electrons. The Morgan fingerprint density at radius 2 is 1.96 bits per heavy atom. The fourth-order valence-electron chi connectivity index (χ4n) is 4.26. The van der Waals surface area contributed by atoms with Crippen LogP contribution in [0.25, 0.3) is 33.5 Å². The van der Waals surface area contributed by atoms with E-state index < -0.39 is 0 Å². The number of phenolic OH excluding ortho intramolecular Hbond substituents is 1. The van der Waals surface area contributed by atoms with E-state index >= 15 is 0 Å². The summed E-state index contributed by atoms with van der Waals surface area (Å²) in [5.74, 6) is 1.12. The highest BCUT2D eigenvalue weighted by molar-refractivity contribution is 6.02. The third-order valence-electron chi connectivity index (χ3n) is 5.62. The lowest BCUT2D eigenvalue weighted by molar-refractivity contribution is 0.320. The molecule has 0 spiro atoms. The number of hydrogen-bond acceptors (Lipinski definition) is 4. The molecule has 0 bridgehead atoms. The van der Waals surface area contributed by atoms with Crippen LogP contribution in [-0.4, -0.2) is 24.6 Å². The van der Waals surface area contributed by atoms with E-state index in [-0.39, 0.29) is 17.7 Å². The van der Waals surface area contributed by atoms with Gasteiger partial charge in [0, 0.05) is 23.5 Å². The summed E-state index contributed by atoms with van der Waals surface area (Å²) in [5, 5.41) is 20.7. The molecule has 1 aliphatic carbocycles. The number of aromatic amines is 1. The summed E-state index contributed by atoms with van der Waals surface area (Å²) in [4.78, 5) is 12.5. The van der Waals surface area contributed by atoms with Crippen molar-refractivity contribution in [3.05, 3.63) is 42.7 Å². The van der Waals surface area contributed by atoms with Crippen molar-refractivity contribution in [2.75, 3.05) is 0 Å². The average molecular weight is 357 g/mol. The Morgan fingerprint density at radius 3 is 2.74 bits per heavy atom. The second-order valence-electron chi connectivity index (χ2n) is 7.19. The molecule has 4 aromatic rings. The number of H-pyrrole nitrogens is 1. The fourth-order valence-corrected chi connectivity index (χ4v) is 4.26. The normalized spacial score (nSPS) is 20.1. The minimum absolute atomic E-state index is 0.138. The molecule has 1 aromatic carbocycles. The summed E-state index contributed by atoms with van der Waals surface area (Å²) in [6, 6.07) is 12.0. The molecule has 0 saturated heterocycles. The van der Waals surface area contributed by atoms with Crippen molar-refractivity contribution in [3.63, 3.8) is 0 Å². The Hall–Kier alpha value is -3.33. The summed E-state index contributed by atoms with van der Waals surface area (Å²) in [6.07, 6.45) is 7.32. The first kappa shape index (κ1) is 15.9. The highest BCUT2D eigenvalue weighted by atomic mass is 16.3. The maximum Gasteiger partial charge on any atom is 0.145 e. The number of nitrogens with one attached hydrogen (secondary N) is 1. The Bertz CT molecular complexity index is 1170. The topological polar surface area (TPSA) is 90.5 Å². The molecule has 1 fully saturated rings. The van der Waals surface area contributed by atoms with Gasteiger partial charge in [-0.3, -0.25) is 0 Å². The zero-order valence-electron chi connectivity index (χ0n) is 14.8. The maximum absolute atomic E-state index is 10.4. The number of phenols is 1. The summed E-state index contributed by atoms with van der Waals surface area (Å²) in [7, 11) is 0. The van der Waals surface area contributed by atoms with Gasteiger partial charge in [0.25, 0.3) is 0 Å². The molecule has 6 nitrogen and oxygen atoms in total. The van der Waals surface area contributed by atoms with Gasteiger partial charge in [-0.1, -0.05) is 12.1 Å². The predicted molar refractivity (Wildman–Crippen MR) is 103 cm³/mol. The Morgan fingerprint density at radius 1 is 1.15 bits per heavy atom. The van der Waals surface area contributed by atoms with Gasteiger partial charge in [0.1, 0.15) is 22.7 Å². The first-order valence-electron chi connectivity index (χ1n) is 9.28. The van der Waals surface area contributed by atoms with E-state index in [1.54, 1.807) is 12.3 Å². The number of nitrogens with zero attached hydrogens (tertiary/aromatic N) is 4. The van der Waals surface area contributed by atoms with E-state index in [2.05, 4.69) is 20.6 Å². The van der Waals surface area contributed by atoms with Crippen molar-refractivity contribution in [2.45, 2.75) is 31.7 Å². The van der Waals surface area contributed by atoms with E-state index in [0.717, 1.165) is 59.1 Å². The number of para-hydroxylation sites is 1. The second-order valence-corrected chi connectivity index (χ2v) is 7.19. The lowest BCUT2D eigenvalue weighted by atomic mass is 9.86. The second kappa shape index (κ2) is 6.13. The zero-order chi connectivity index (χ0) is 18.4. The smallest absolute Gasteiger partial charge is 0.145 e. The summed E-state index contributed by atoms with van der Waals surface area (Å²) < 4.78 is 2.26. The number of nitriles is 1. The Labute approximate surface area is 156 Å². The van der Waals surface area contributed by atoms with Crippen LogP contribution < -0.4 is 0 Å². The average Bonchev–Trinajstić information content (AvgIpc) is 3.32. The molecular weight excluding hydrogens is 338 g/mol. The molecule has 1 aliphatic rings. The zero-order valence-corrected chi connectivity index (χ0v) is 14.8. The van der Waals surface area contributed by atoms with Gasteiger partial charge in [-0.25, -0.2) is 9.97 Å². The van der Waals surface area contributed by atoms with Crippen molar-refractivity contribution in [1.29, 1.82) is 5.26 Å². The molecule has 5 rings (SSSR count). The van der Waals surface area contributed by atoms with Gasteiger partial charge in [0.05, 0.1) is 23.3 Å². The largest absolute Gasteiger partial charge is 0.507 e. The molecular formula is C21H19N5O. The van der Waals surface area contributed by atoms with Crippen LogP contribution in [0, 0.1) is 17.2 Å². The highest BCUT2D eigenvalue weighted by Gasteiger charge is 2.28. The molecule has 0 aliphatic heterocycles. The van der Waals surface area contributed by atoms with E-state index in [9.17, 15) is 10.4 Å². The molecule has 2 N–H and O–H groups in total. The number of benzene rings is 1. The summed E-state index contributed by atoms with van der Waals surface area (Å²) in [5.41, 5.74) is 3.42. The van der Waals surface area contributed by atoms with Gasteiger partial charge in [-0.05, 0) is 43.9 Å². The van der Waals surface area contributed by atoms with Crippen molar-refractivity contribution < 1.29 is 5.11 Å². The van der Waals surface area contributed by atoms with E-state index in [1.165, 1.54) is 0 Å². The number of fused-ring (bicyclic) bond motifs is 3. The van der Waals surface area contributed by atoms with Gasteiger partial charge in [0.15, 0.2) is 0 Å². The van der Waals surface area contributed by atoms with E-state index in [1.807, 2.05) is 30.5 Å². The first-order chi connectivity index (χ1) is 13.3. The van der Waals surface area contributed by atoms with Crippen molar-refractivity contribution in [1.82, 2.24) is 19.5 Å².